The van der Waals surface area contributed by atoms with Gasteiger partial charge in [-0.1, -0.05) is 240 Å². The Morgan fingerprint density at radius 3 is 0.880 bits per heavy atom. The first-order chi connectivity index (χ1) is 36.7. The maximum atomic E-state index is 2.57. The lowest BCUT2D eigenvalue weighted by Crippen LogP contribution is -2.61. The van der Waals surface area contributed by atoms with Gasteiger partial charge in [-0.3, -0.25) is 0 Å². The molecule has 0 aromatic heterocycles. The third-order valence-corrected chi connectivity index (χ3v) is 16.2. The van der Waals surface area contributed by atoms with Gasteiger partial charge in [-0.15, -0.1) is 0 Å². The summed E-state index contributed by atoms with van der Waals surface area (Å²) >= 11 is 0. The number of nitrogens with zero attached hydrogens (tertiary/aromatic N) is 2. The highest BCUT2D eigenvalue weighted by Gasteiger charge is 2.45. The van der Waals surface area contributed by atoms with E-state index in [2.05, 4.69) is 310 Å². The molecule has 3 heteroatoms. The Morgan fingerprint density at radius 1 is 0.253 bits per heavy atom. The average Bonchev–Trinajstić information content (AvgIpc) is 3.55. The Balaban J connectivity index is 1.12. The van der Waals surface area contributed by atoms with Gasteiger partial charge in [0.2, 0.25) is 0 Å². The first-order valence-corrected chi connectivity index (χ1v) is 26.4. The quantitative estimate of drug-likeness (QED) is 0.126. The van der Waals surface area contributed by atoms with Crippen LogP contribution in [-0.2, 0) is 10.8 Å². The zero-order chi connectivity index (χ0) is 50.7. The molecule has 13 rings (SSSR count). The van der Waals surface area contributed by atoms with Gasteiger partial charge in [0, 0.05) is 45.0 Å². The summed E-state index contributed by atoms with van der Waals surface area (Å²) in [6.07, 6.45) is 0. The molecule has 11 aromatic rings. The second-order valence-electron chi connectivity index (χ2n) is 21.3. The smallest absolute Gasteiger partial charge is 0.252 e. The molecule has 2 aliphatic heterocycles. The predicted octanol–water partition coefficient (Wildman–Crippen LogP) is 17.1. The van der Waals surface area contributed by atoms with Gasteiger partial charge in [-0.2, -0.15) is 0 Å². The molecule has 2 aliphatic rings. The van der Waals surface area contributed by atoms with E-state index in [0.717, 1.165) is 11.4 Å². The van der Waals surface area contributed by atoms with Crippen LogP contribution in [0.1, 0.15) is 49.9 Å². The highest BCUT2D eigenvalue weighted by atomic mass is 15.2. The van der Waals surface area contributed by atoms with Crippen molar-refractivity contribution in [2.45, 2.75) is 38.5 Å². The van der Waals surface area contributed by atoms with E-state index in [9.17, 15) is 0 Å². The lowest BCUT2D eigenvalue weighted by molar-refractivity contribution is 0.641. The number of rotatable bonds is 10. The van der Waals surface area contributed by atoms with Gasteiger partial charge in [0.15, 0.2) is 0 Å². The van der Waals surface area contributed by atoms with Gasteiger partial charge in [0.05, 0.1) is 0 Å². The minimum absolute atomic E-state index is 0.0939. The molecule has 0 saturated heterocycles. The Bertz CT molecular complexity index is 3500. The van der Waals surface area contributed by atoms with E-state index < -0.39 is 0 Å². The lowest BCUT2D eigenvalue weighted by Gasteiger charge is -2.45. The molecule has 0 N–H and O–H groups in total. The fourth-order valence-corrected chi connectivity index (χ4v) is 12.0. The van der Waals surface area contributed by atoms with Crippen molar-refractivity contribution >= 4 is 57.2 Å². The monoisotopic (exact) mass is 960 g/mol. The molecule has 11 aromatic carbocycles. The van der Waals surface area contributed by atoms with Gasteiger partial charge < -0.3 is 9.80 Å². The molecule has 0 atom stereocenters. The highest BCUT2D eigenvalue weighted by Crippen LogP contribution is 2.48. The number of hydrogen-bond acceptors (Lipinski definition) is 2. The van der Waals surface area contributed by atoms with E-state index in [1.807, 2.05) is 0 Å². The lowest BCUT2D eigenvalue weighted by atomic mass is 9.33. The third-order valence-electron chi connectivity index (χ3n) is 16.2. The van der Waals surface area contributed by atoms with E-state index in [4.69, 9.17) is 0 Å². The number of benzene rings is 11. The molecule has 2 nitrogen and oxygen atoms in total. The normalized spacial score (nSPS) is 12.7. The maximum Gasteiger partial charge on any atom is 0.252 e. The van der Waals surface area contributed by atoms with Crippen molar-refractivity contribution in [3.63, 3.8) is 0 Å². The Labute approximate surface area is 443 Å². The summed E-state index contributed by atoms with van der Waals surface area (Å²) in [6.45, 7) is 9.41. The maximum absolute atomic E-state index is 2.57. The summed E-state index contributed by atoms with van der Waals surface area (Å²) in [5.74, 6) is 0. The van der Waals surface area contributed by atoms with Gasteiger partial charge >= 0.3 is 0 Å². The van der Waals surface area contributed by atoms with Crippen LogP contribution in [0.4, 0.5) is 34.1 Å². The van der Waals surface area contributed by atoms with Crippen LogP contribution in [0.2, 0.25) is 0 Å². The average molecular weight is 961 g/mol. The van der Waals surface area contributed by atoms with E-state index in [-0.39, 0.29) is 17.5 Å². The fourth-order valence-electron chi connectivity index (χ4n) is 12.0. The zero-order valence-corrected chi connectivity index (χ0v) is 43.0. The SMILES string of the molecule is CC(C)(c1ccccc1)c1ccc2c(c1)B1c3cc(C(C)(C)c4ccccc4)ccc3N(c3cc(-c4ccccc4)cc(-c4ccccc4)c3)c3cccc(c31)N2c1cc(-c2ccccc2)cc(-c2ccccc2)c1. The zero-order valence-electron chi connectivity index (χ0n) is 43.0. The van der Waals surface area contributed by atoms with Crippen molar-refractivity contribution in [2.24, 2.45) is 0 Å². The molecule has 0 saturated carbocycles. The van der Waals surface area contributed by atoms with Crippen LogP contribution >= 0.6 is 0 Å². The van der Waals surface area contributed by atoms with Crippen LogP contribution in [-0.4, -0.2) is 6.71 Å². The van der Waals surface area contributed by atoms with Crippen LogP contribution in [0.3, 0.4) is 0 Å². The second kappa shape index (κ2) is 18.5. The van der Waals surface area contributed by atoms with Crippen molar-refractivity contribution in [1.82, 2.24) is 0 Å². The second-order valence-corrected chi connectivity index (χ2v) is 21.3. The topological polar surface area (TPSA) is 6.48 Å². The minimum Gasteiger partial charge on any atom is -0.311 e. The van der Waals surface area contributed by atoms with Crippen LogP contribution in [0.5, 0.6) is 0 Å². The summed E-state index contributed by atoms with van der Waals surface area (Å²) < 4.78 is 0. The molecule has 0 bridgehead atoms. The Hall–Kier alpha value is -8.92. The molecule has 0 radical (unpaired) electrons. The number of anilines is 6. The van der Waals surface area contributed by atoms with Gasteiger partial charge in [-0.05, 0) is 144 Å². The van der Waals surface area contributed by atoms with E-state index in [0.29, 0.717) is 0 Å². The van der Waals surface area contributed by atoms with Crippen LogP contribution in [0, 0.1) is 0 Å². The minimum atomic E-state index is -0.277. The molecule has 358 valence electrons. The van der Waals surface area contributed by atoms with Gasteiger partial charge in [-0.25, -0.2) is 0 Å². The third kappa shape index (κ3) is 8.08. The van der Waals surface area contributed by atoms with E-state index in [1.165, 1.54) is 106 Å². The summed E-state index contributed by atoms with van der Waals surface area (Å²) in [5.41, 5.74) is 24.9. The van der Waals surface area contributed by atoms with Gasteiger partial charge in [0.25, 0.3) is 6.71 Å². The largest absolute Gasteiger partial charge is 0.311 e. The molecule has 0 spiro atoms. The van der Waals surface area contributed by atoms with E-state index in [1.54, 1.807) is 0 Å². The molecule has 0 amide bonds. The van der Waals surface area contributed by atoms with Crippen molar-refractivity contribution in [2.75, 3.05) is 9.80 Å². The molecule has 0 unspecified atom stereocenters. The molecular weight excluding hydrogens is 904 g/mol. The van der Waals surface area contributed by atoms with Crippen molar-refractivity contribution in [3.8, 4) is 44.5 Å². The Morgan fingerprint density at radius 2 is 0.560 bits per heavy atom. The molecular formula is C72H57BN2. The molecule has 2 heterocycles. The van der Waals surface area contributed by atoms with Crippen LogP contribution in [0.25, 0.3) is 44.5 Å². The predicted molar refractivity (Wildman–Crippen MR) is 319 cm³/mol. The first kappa shape index (κ1) is 45.9. The molecule has 0 fully saturated rings. The Kier molecular flexibility index (Phi) is 11.3. The molecule has 75 heavy (non-hydrogen) atoms. The summed E-state index contributed by atoms with van der Waals surface area (Å²) in [6, 6.07) is 101. The van der Waals surface area contributed by atoms with Crippen molar-refractivity contribution in [1.29, 1.82) is 0 Å². The highest BCUT2D eigenvalue weighted by molar-refractivity contribution is 7.00. The number of fused-ring (bicyclic) bond motifs is 4. The standard InChI is InChI=1S/C72H57BN2/c1-71(2,58-32-19-9-20-33-58)60-38-40-66-64(48-60)73-65-49-61(72(3,4)59-34-21-10-22-35-59)39-41-67(65)75(63-46-56(52-28-15-7-16-29-52)43-57(47-63)53-30-17-8-18-31-53)69-37-23-36-68(70(69)73)74(66)62-44-54(50-24-11-5-12-25-50)42-55(45-62)51-26-13-6-14-27-51/h5-49H,1-4H3. The number of hydrogen-bond donors (Lipinski definition) is 0. The fraction of sp³-hybridized carbons (Fsp3) is 0.0833. The van der Waals surface area contributed by atoms with Crippen LogP contribution < -0.4 is 26.2 Å². The first-order valence-electron chi connectivity index (χ1n) is 26.4. The van der Waals surface area contributed by atoms with E-state index >= 15 is 0 Å². The van der Waals surface area contributed by atoms with Crippen molar-refractivity contribution < 1.29 is 0 Å². The summed E-state index contributed by atoms with van der Waals surface area (Å²) in [7, 11) is 0. The molecule has 0 aliphatic carbocycles. The summed E-state index contributed by atoms with van der Waals surface area (Å²) in [4.78, 5) is 5.14. The summed E-state index contributed by atoms with van der Waals surface area (Å²) in [5, 5.41) is 0. The van der Waals surface area contributed by atoms with Gasteiger partial charge in [0.1, 0.15) is 0 Å². The van der Waals surface area contributed by atoms with Crippen LogP contribution in [0.15, 0.2) is 273 Å². The van der Waals surface area contributed by atoms with Crippen molar-refractivity contribution in [3.05, 3.63) is 295 Å².